The number of nitrogen functional groups attached to an aromatic ring is 1. The van der Waals surface area contributed by atoms with Crippen LogP contribution in [0.5, 0.6) is 0 Å². The summed E-state index contributed by atoms with van der Waals surface area (Å²) in [6.45, 7) is 3.37. The van der Waals surface area contributed by atoms with Crippen LogP contribution in [0.2, 0.25) is 0 Å². The van der Waals surface area contributed by atoms with Crippen molar-refractivity contribution >= 4 is 5.69 Å². The molecule has 0 atom stereocenters. The van der Waals surface area contributed by atoms with E-state index < -0.39 is 0 Å². The molecule has 1 rings (SSSR count). The molecule has 0 aliphatic heterocycles. The quantitative estimate of drug-likeness (QED) is 0.463. The van der Waals surface area contributed by atoms with E-state index in [1.807, 2.05) is 18.3 Å². The molecule has 0 aliphatic rings. The number of anilines is 1. The third-order valence-corrected chi connectivity index (χ3v) is 3.65. The molecule has 0 saturated heterocycles. The number of nitrogens with zero attached hydrogens (tertiary/aromatic N) is 1. The van der Waals surface area contributed by atoms with Crippen LogP contribution in [0.1, 0.15) is 71.1 Å². The third kappa shape index (κ3) is 8.63. The number of pyridine rings is 1. The van der Waals surface area contributed by atoms with E-state index >= 15 is 0 Å². The lowest BCUT2D eigenvalue weighted by atomic mass is 10.1. The maximum atomic E-state index is 5.76. The molecular weight excluding hydrogens is 232 g/mol. The van der Waals surface area contributed by atoms with Crippen molar-refractivity contribution in [2.75, 3.05) is 5.73 Å². The molecule has 108 valence electrons. The first kappa shape index (κ1) is 16.0. The van der Waals surface area contributed by atoms with Gasteiger partial charge in [-0.25, -0.2) is 4.57 Å². The molecule has 1 aromatic heterocycles. The molecule has 1 aromatic rings. The van der Waals surface area contributed by atoms with E-state index in [4.69, 9.17) is 5.73 Å². The molecule has 0 unspecified atom stereocenters. The van der Waals surface area contributed by atoms with Crippen molar-refractivity contribution in [1.29, 1.82) is 0 Å². The van der Waals surface area contributed by atoms with Gasteiger partial charge in [0.05, 0.1) is 5.69 Å². The number of hydrogen-bond donors (Lipinski definition) is 1. The molecule has 0 fully saturated rings. The zero-order valence-corrected chi connectivity index (χ0v) is 12.6. The molecule has 0 bridgehead atoms. The monoisotopic (exact) mass is 263 g/mol. The summed E-state index contributed by atoms with van der Waals surface area (Å²) in [5.41, 5.74) is 6.61. The topological polar surface area (TPSA) is 29.9 Å². The minimum Gasteiger partial charge on any atom is -0.394 e. The predicted octanol–water partition coefficient (Wildman–Crippen LogP) is 4.48. The van der Waals surface area contributed by atoms with Gasteiger partial charge < -0.3 is 5.73 Å². The molecule has 19 heavy (non-hydrogen) atoms. The summed E-state index contributed by atoms with van der Waals surface area (Å²) in [5.74, 6) is 0. The molecule has 0 aromatic carbocycles. The molecule has 2 nitrogen and oxygen atoms in total. The standard InChI is InChI=1S/C17H31N2/c1-2-3-4-5-6-7-8-9-10-11-14-19-15-12-13-17(18)16-19/h12-13,15-16H,2-11,14,18H2,1H3/q+1. The minimum atomic E-state index is 0.856. The van der Waals surface area contributed by atoms with Gasteiger partial charge in [-0.3, -0.25) is 0 Å². The second-order valence-electron chi connectivity index (χ2n) is 5.56. The van der Waals surface area contributed by atoms with E-state index in [2.05, 4.69) is 17.7 Å². The number of nitrogens with two attached hydrogens (primary N) is 1. The summed E-state index contributed by atoms with van der Waals surface area (Å²) < 4.78 is 2.19. The highest BCUT2D eigenvalue weighted by atomic mass is 14.9. The average molecular weight is 263 g/mol. The van der Waals surface area contributed by atoms with Crippen molar-refractivity contribution in [1.82, 2.24) is 0 Å². The van der Waals surface area contributed by atoms with Crippen molar-refractivity contribution in [3.8, 4) is 0 Å². The fourth-order valence-corrected chi connectivity index (χ4v) is 2.46. The predicted molar refractivity (Wildman–Crippen MR) is 82.9 cm³/mol. The van der Waals surface area contributed by atoms with Crippen molar-refractivity contribution in [2.45, 2.75) is 77.7 Å². The van der Waals surface area contributed by atoms with Crippen molar-refractivity contribution in [3.63, 3.8) is 0 Å². The molecule has 0 radical (unpaired) electrons. The Morgan fingerprint density at radius 2 is 1.47 bits per heavy atom. The number of unbranched alkanes of at least 4 members (excludes halogenated alkanes) is 9. The van der Waals surface area contributed by atoms with Crippen LogP contribution in [0.4, 0.5) is 5.69 Å². The van der Waals surface area contributed by atoms with Gasteiger partial charge in [0.1, 0.15) is 6.54 Å². The van der Waals surface area contributed by atoms with E-state index in [0.29, 0.717) is 0 Å². The summed E-state index contributed by atoms with van der Waals surface area (Å²) in [6.07, 6.45) is 18.0. The first-order valence-electron chi connectivity index (χ1n) is 8.07. The molecule has 2 N–H and O–H groups in total. The molecule has 0 spiro atoms. The molecule has 0 saturated carbocycles. The molecule has 0 aliphatic carbocycles. The maximum Gasteiger partial charge on any atom is 0.191 e. The minimum absolute atomic E-state index is 0.856. The van der Waals surface area contributed by atoms with Gasteiger partial charge in [-0.1, -0.05) is 58.3 Å². The maximum absolute atomic E-state index is 5.76. The Hall–Kier alpha value is -1.05. The number of aromatic nitrogens is 1. The van der Waals surface area contributed by atoms with Crippen LogP contribution in [0.15, 0.2) is 24.5 Å². The van der Waals surface area contributed by atoms with E-state index in [1.54, 1.807) is 0 Å². The van der Waals surface area contributed by atoms with Crippen LogP contribution >= 0.6 is 0 Å². The van der Waals surface area contributed by atoms with Crippen molar-refractivity contribution < 1.29 is 4.57 Å². The Balaban J connectivity index is 1.89. The lowest BCUT2D eigenvalue weighted by Gasteiger charge is -2.01. The van der Waals surface area contributed by atoms with Gasteiger partial charge in [-0.05, 0) is 12.5 Å². The van der Waals surface area contributed by atoms with E-state index in [9.17, 15) is 0 Å². The Kier molecular flexibility index (Phi) is 9.13. The Morgan fingerprint density at radius 3 is 2.05 bits per heavy atom. The highest BCUT2D eigenvalue weighted by Crippen LogP contribution is 2.10. The Bertz CT molecular complexity index is 323. The zero-order valence-electron chi connectivity index (χ0n) is 12.6. The van der Waals surface area contributed by atoms with Gasteiger partial charge in [0.2, 0.25) is 0 Å². The van der Waals surface area contributed by atoms with Gasteiger partial charge in [-0.15, -0.1) is 0 Å². The fourth-order valence-electron chi connectivity index (χ4n) is 2.46. The number of rotatable bonds is 11. The summed E-state index contributed by atoms with van der Waals surface area (Å²) in [5, 5.41) is 0. The Morgan fingerprint density at radius 1 is 0.895 bits per heavy atom. The van der Waals surface area contributed by atoms with Crippen LogP contribution < -0.4 is 10.3 Å². The van der Waals surface area contributed by atoms with Gasteiger partial charge >= 0.3 is 0 Å². The first-order valence-corrected chi connectivity index (χ1v) is 8.07. The van der Waals surface area contributed by atoms with Crippen molar-refractivity contribution in [2.24, 2.45) is 0 Å². The number of hydrogen-bond acceptors (Lipinski definition) is 1. The molecule has 2 heteroatoms. The highest BCUT2D eigenvalue weighted by Gasteiger charge is 2.00. The second kappa shape index (κ2) is 10.8. The Labute approximate surface area is 119 Å². The zero-order chi connectivity index (χ0) is 13.8. The third-order valence-electron chi connectivity index (χ3n) is 3.65. The molecule has 1 heterocycles. The van der Waals surface area contributed by atoms with Crippen LogP contribution in [-0.4, -0.2) is 0 Å². The second-order valence-corrected chi connectivity index (χ2v) is 5.56. The normalized spacial score (nSPS) is 10.8. The van der Waals surface area contributed by atoms with Gasteiger partial charge in [0.25, 0.3) is 0 Å². The summed E-state index contributed by atoms with van der Waals surface area (Å²) in [7, 11) is 0. The van der Waals surface area contributed by atoms with E-state index in [0.717, 1.165) is 12.2 Å². The van der Waals surface area contributed by atoms with Gasteiger partial charge in [0, 0.05) is 12.5 Å². The first-order chi connectivity index (χ1) is 9.33. The SMILES string of the molecule is CCCCCCCCCCCC[n+]1cccc(N)c1. The van der Waals surface area contributed by atoms with Crippen LogP contribution in [0, 0.1) is 0 Å². The smallest absolute Gasteiger partial charge is 0.191 e. The van der Waals surface area contributed by atoms with Crippen LogP contribution in [0.25, 0.3) is 0 Å². The van der Waals surface area contributed by atoms with Crippen LogP contribution in [0.3, 0.4) is 0 Å². The summed E-state index contributed by atoms with van der Waals surface area (Å²) in [4.78, 5) is 0. The average Bonchev–Trinajstić information content (AvgIpc) is 2.41. The number of aryl methyl sites for hydroxylation is 1. The lowest BCUT2D eigenvalue weighted by molar-refractivity contribution is -0.696. The van der Waals surface area contributed by atoms with Crippen LogP contribution in [-0.2, 0) is 6.54 Å². The molecular formula is C17H31N2+. The fraction of sp³-hybridized carbons (Fsp3) is 0.706. The highest BCUT2D eigenvalue weighted by molar-refractivity contribution is 5.30. The van der Waals surface area contributed by atoms with Crippen molar-refractivity contribution in [3.05, 3.63) is 24.5 Å². The van der Waals surface area contributed by atoms with Gasteiger partial charge in [0.15, 0.2) is 12.4 Å². The summed E-state index contributed by atoms with van der Waals surface area (Å²) >= 11 is 0. The largest absolute Gasteiger partial charge is 0.394 e. The van der Waals surface area contributed by atoms with E-state index in [-0.39, 0.29) is 0 Å². The lowest BCUT2D eigenvalue weighted by Crippen LogP contribution is -2.32. The molecule has 0 amide bonds. The summed E-state index contributed by atoms with van der Waals surface area (Å²) in [6, 6.07) is 3.96. The van der Waals surface area contributed by atoms with Gasteiger partial charge in [-0.2, -0.15) is 0 Å². The van der Waals surface area contributed by atoms with E-state index in [1.165, 1.54) is 64.2 Å².